The van der Waals surface area contributed by atoms with Crippen LogP contribution in [0.5, 0.6) is 0 Å². The number of ketones is 1. The van der Waals surface area contributed by atoms with Crippen LogP contribution in [-0.2, 0) is 11.2 Å². The molecule has 0 aliphatic rings. The molecule has 0 bridgehead atoms. The molecule has 1 aromatic heterocycles. The predicted octanol–water partition coefficient (Wildman–Crippen LogP) is 2.87. The minimum absolute atomic E-state index is 0.147. The van der Waals surface area contributed by atoms with E-state index < -0.39 is 24.1 Å². The molecule has 0 aliphatic heterocycles. The Balaban J connectivity index is 2.15. The molecule has 0 spiro atoms. The summed E-state index contributed by atoms with van der Waals surface area (Å²) < 4.78 is 5.15. The molecule has 0 radical (unpaired) electrons. The molecule has 1 heterocycles. The quantitative estimate of drug-likeness (QED) is 0.587. The summed E-state index contributed by atoms with van der Waals surface area (Å²) in [6.45, 7) is 3.87. The van der Waals surface area contributed by atoms with E-state index in [0.717, 1.165) is 5.56 Å². The summed E-state index contributed by atoms with van der Waals surface area (Å²) in [4.78, 5) is 36.5. The molecule has 7 heteroatoms. The van der Waals surface area contributed by atoms with Gasteiger partial charge in [-0.05, 0) is 30.0 Å². The van der Waals surface area contributed by atoms with Gasteiger partial charge in [-0.2, -0.15) is 0 Å². The second-order valence-electron chi connectivity index (χ2n) is 6.72. The van der Waals surface area contributed by atoms with Crippen LogP contribution in [0.25, 0.3) is 0 Å². The lowest BCUT2D eigenvalue weighted by atomic mass is 9.98. The summed E-state index contributed by atoms with van der Waals surface area (Å²) in [6.07, 6.45) is 0.688. The lowest BCUT2D eigenvalue weighted by molar-refractivity contribution is -0.123. The van der Waals surface area contributed by atoms with E-state index in [-0.39, 0.29) is 23.9 Å². The van der Waals surface area contributed by atoms with Crippen molar-refractivity contribution < 1.29 is 23.9 Å². The number of carbonyl (C=O) groups is 3. The van der Waals surface area contributed by atoms with Gasteiger partial charge in [0.25, 0.3) is 0 Å². The topological polar surface area (TPSA) is 109 Å². The second kappa shape index (κ2) is 9.56. The Morgan fingerprint density at radius 2 is 1.70 bits per heavy atom. The van der Waals surface area contributed by atoms with Crippen LogP contribution in [-0.4, -0.2) is 35.0 Å². The van der Waals surface area contributed by atoms with Crippen molar-refractivity contribution in [1.29, 1.82) is 0 Å². The zero-order valence-corrected chi connectivity index (χ0v) is 15.3. The highest BCUT2D eigenvalue weighted by atomic mass is 16.4. The Bertz CT molecular complexity index is 756. The third-order valence-corrected chi connectivity index (χ3v) is 4.00. The molecule has 1 aromatic carbocycles. The van der Waals surface area contributed by atoms with Crippen molar-refractivity contribution in [3.8, 4) is 0 Å². The standard InChI is InChI=1S/C20H24N2O5/c1-13(2)11-15(18(23)17-9-6-10-27-17)21-19(24)16(22-20(25)26)12-14-7-4-3-5-8-14/h3-10,13,15-16,22H,11-12H2,1-2H3,(H,21,24)(H,25,26)/t15-,16-/m0/s1. The number of benzene rings is 1. The number of carboxylic acid groups (broad SMARTS) is 1. The molecule has 0 unspecified atom stereocenters. The van der Waals surface area contributed by atoms with Gasteiger partial charge >= 0.3 is 6.09 Å². The molecule has 2 aromatic rings. The Morgan fingerprint density at radius 3 is 2.26 bits per heavy atom. The average molecular weight is 372 g/mol. The van der Waals surface area contributed by atoms with Crippen LogP contribution in [0.2, 0.25) is 0 Å². The molecule has 0 saturated carbocycles. The highest BCUT2D eigenvalue weighted by Gasteiger charge is 2.29. The molecule has 3 N–H and O–H groups in total. The smallest absolute Gasteiger partial charge is 0.405 e. The fourth-order valence-electron chi connectivity index (χ4n) is 2.77. The highest BCUT2D eigenvalue weighted by Crippen LogP contribution is 2.13. The van der Waals surface area contributed by atoms with E-state index >= 15 is 0 Å². The van der Waals surface area contributed by atoms with Gasteiger partial charge in [0.1, 0.15) is 6.04 Å². The van der Waals surface area contributed by atoms with Crippen LogP contribution in [0, 0.1) is 5.92 Å². The van der Waals surface area contributed by atoms with E-state index in [0.29, 0.717) is 6.42 Å². The molecule has 0 saturated heterocycles. The predicted molar refractivity (Wildman–Crippen MR) is 99.5 cm³/mol. The van der Waals surface area contributed by atoms with Crippen molar-refractivity contribution in [3.05, 3.63) is 60.1 Å². The first kappa shape index (κ1) is 20.2. The maximum atomic E-state index is 12.7. The van der Waals surface area contributed by atoms with Crippen molar-refractivity contribution in [2.24, 2.45) is 5.92 Å². The Morgan fingerprint density at radius 1 is 1.00 bits per heavy atom. The van der Waals surface area contributed by atoms with Crippen LogP contribution in [0.15, 0.2) is 53.1 Å². The number of nitrogens with one attached hydrogen (secondary N) is 2. The minimum atomic E-state index is -1.30. The highest BCUT2D eigenvalue weighted by molar-refractivity contribution is 6.00. The summed E-state index contributed by atoms with van der Waals surface area (Å²) in [5, 5.41) is 14.0. The molecule has 7 nitrogen and oxygen atoms in total. The molecule has 2 amide bonds. The largest absolute Gasteiger partial charge is 0.465 e. The van der Waals surface area contributed by atoms with Crippen molar-refractivity contribution >= 4 is 17.8 Å². The minimum Gasteiger partial charge on any atom is -0.465 e. The van der Waals surface area contributed by atoms with Crippen molar-refractivity contribution in [2.75, 3.05) is 0 Å². The van der Waals surface area contributed by atoms with Gasteiger partial charge in [-0.25, -0.2) is 4.79 Å². The van der Waals surface area contributed by atoms with Crippen LogP contribution < -0.4 is 10.6 Å². The Labute approximate surface area is 157 Å². The third kappa shape index (κ3) is 6.29. The van der Waals surface area contributed by atoms with Gasteiger partial charge in [0.15, 0.2) is 5.76 Å². The monoisotopic (exact) mass is 372 g/mol. The van der Waals surface area contributed by atoms with Gasteiger partial charge in [-0.3, -0.25) is 9.59 Å². The Kier molecular flexibility index (Phi) is 7.16. The van der Waals surface area contributed by atoms with E-state index in [1.54, 1.807) is 12.1 Å². The molecule has 2 rings (SSSR count). The summed E-state index contributed by atoms with van der Waals surface area (Å²) in [7, 11) is 0. The molecule has 27 heavy (non-hydrogen) atoms. The third-order valence-electron chi connectivity index (χ3n) is 4.00. The fraction of sp³-hybridized carbons (Fsp3) is 0.350. The van der Waals surface area contributed by atoms with E-state index in [1.165, 1.54) is 6.26 Å². The molecular formula is C20H24N2O5. The lowest BCUT2D eigenvalue weighted by Gasteiger charge is -2.23. The van der Waals surface area contributed by atoms with Crippen LogP contribution in [0.4, 0.5) is 4.79 Å². The van der Waals surface area contributed by atoms with Gasteiger partial charge < -0.3 is 20.2 Å². The summed E-state index contributed by atoms with van der Waals surface area (Å²) >= 11 is 0. The van der Waals surface area contributed by atoms with Crippen LogP contribution >= 0.6 is 0 Å². The number of hydrogen-bond acceptors (Lipinski definition) is 4. The average Bonchev–Trinajstić information content (AvgIpc) is 3.14. The van der Waals surface area contributed by atoms with Crippen molar-refractivity contribution in [3.63, 3.8) is 0 Å². The normalized spacial score (nSPS) is 13.0. The fourth-order valence-corrected chi connectivity index (χ4v) is 2.77. The van der Waals surface area contributed by atoms with Gasteiger partial charge in [-0.1, -0.05) is 44.2 Å². The number of rotatable bonds is 9. The maximum Gasteiger partial charge on any atom is 0.405 e. The molecule has 2 atom stereocenters. The Hall–Kier alpha value is -3.09. The van der Waals surface area contributed by atoms with Crippen molar-refractivity contribution in [1.82, 2.24) is 10.6 Å². The van der Waals surface area contributed by atoms with E-state index in [4.69, 9.17) is 9.52 Å². The van der Waals surface area contributed by atoms with Gasteiger partial charge in [0, 0.05) is 6.42 Å². The molecule has 144 valence electrons. The zero-order valence-electron chi connectivity index (χ0n) is 15.3. The number of furan rings is 1. The summed E-state index contributed by atoms with van der Waals surface area (Å²) in [5.41, 5.74) is 0.809. The summed E-state index contributed by atoms with van der Waals surface area (Å²) in [6, 6.07) is 10.4. The lowest BCUT2D eigenvalue weighted by Crippen LogP contribution is -2.52. The second-order valence-corrected chi connectivity index (χ2v) is 6.72. The number of hydrogen-bond donors (Lipinski definition) is 3. The zero-order chi connectivity index (χ0) is 19.8. The van der Waals surface area contributed by atoms with Crippen molar-refractivity contribution in [2.45, 2.75) is 38.8 Å². The van der Waals surface area contributed by atoms with Crippen LogP contribution in [0.3, 0.4) is 0 Å². The van der Waals surface area contributed by atoms with E-state index in [9.17, 15) is 14.4 Å². The molecular weight excluding hydrogens is 348 g/mol. The molecule has 0 fully saturated rings. The van der Waals surface area contributed by atoms with E-state index in [2.05, 4.69) is 10.6 Å². The SMILES string of the molecule is CC(C)C[C@H](NC(=O)[C@H](Cc1ccccc1)NC(=O)O)C(=O)c1ccco1. The first-order valence-electron chi connectivity index (χ1n) is 8.78. The first-order valence-corrected chi connectivity index (χ1v) is 8.78. The molecule has 0 aliphatic carbocycles. The van der Waals surface area contributed by atoms with Gasteiger partial charge in [0.2, 0.25) is 11.7 Å². The summed E-state index contributed by atoms with van der Waals surface area (Å²) in [5.74, 6) is -0.580. The number of amides is 2. The number of Topliss-reactive ketones (excluding diaryl/α,β-unsaturated/α-hetero) is 1. The first-order chi connectivity index (χ1) is 12.9. The van der Waals surface area contributed by atoms with E-state index in [1.807, 2.05) is 44.2 Å². The number of carbonyl (C=O) groups excluding carboxylic acids is 2. The van der Waals surface area contributed by atoms with Gasteiger partial charge in [-0.15, -0.1) is 0 Å². The maximum absolute atomic E-state index is 12.7. The van der Waals surface area contributed by atoms with Crippen LogP contribution in [0.1, 0.15) is 36.4 Å². The van der Waals surface area contributed by atoms with Gasteiger partial charge in [0.05, 0.1) is 12.3 Å².